The van der Waals surface area contributed by atoms with E-state index in [1.807, 2.05) is 36.4 Å². The van der Waals surface area contributed by atoms with Crippen LogP contribution >= 0.6 is 11.3 Å². The molecule has 1 amide bonds. The van der Waals surface area contributed by atoms with Gasteiger partial charge in [0.1, 0.15) is 4.53 Å². The first-order chi connectivity index (χ1) is 18.3. The molecular weight excluding hydrogens is 506 g/mol. The lowest BCUT2D eigenvalue weighted by atomic mass is 10.0. The van der Waals surface area contributed by atoms with Crippen molar-refractivity contribution in [2.75, 3.05) is 11.7 Å². The van der Waals surface area contributed by atoms with Gasteiger partial charge in [0.25, 0.3) is 11.5 Å². The summed E-state index contributed by atoms with van der Waals surface area (Å²) in [6.45, 7) is 4.75. The molecule has 0 spiro atoms. The largest absolute Gasteiger partial charge is 0.463 e. The number of nitrogens with zero attached hydrogens (tertiary/aromatic N) is 3. The minimum Gasteiger partial charge on any atom is -0.463 e. The molecule has 1 unspecified atom stereocenters. The molecule has 1 aromatic heterocycles. The molecule has 0 fully saturated rings. The number of amides is 1. The maximum Gasteiger partial charge on any atom is 0.338 e. The van der Waals surface area contributed by atoms with Gasteiger partial charge in [-0.05, 0) is 25.5 Å². The topological polar surface area (TPSA) is 107 Å². The Morgan fingerprint density at radius 1 is 1.08 bits per heavy atom. The van der Waals surface area contributed by atoms with Gasteiger partial charge in [-0.2, -0.15) is 0 Å². The van der Waals surface area contributed by atoms with Gasteiger partial charge in [-0.3, -0.25) is 14.2 Å². The Labute approximate surface area is 221 Å². The first kappa shape index (κ1) is 25.1. The molecule has 0 radical (unpaired) electrons. The van der Waals surface area contributed by atoms with Crippen LogP contribution in [0, 0.1) is 0 Å². The third-order valence-corrected chi connectivity index (χ3v) is 7.10. The summed E-state index contributed by atoms with van der Waals surface area (Å²) in [4.78, 5) is 62.1. The molecule has 9 nitrogen and oxygen atoms in total. The predicted octanol–water partition coefficient (Wildman–Crippen LogP) is 2.66. The number of aromatic nitrogens is 1. The highest BCUT2D eigenvalue weighted by Crippen LogP contribution is 2.35. The number of ether oxygens (including phenoxy) is 1. The molecule has 5 rings (SSSR count). The van der Waals surface area contributed by atoms with Gasteiger partial charge in [-0.25, -0.2) is 14.6 Å². The summed E-state index contributed by atoms with van der Waals surface area (Å²) in [5.74, 6) is -1.88. The second-order valence-electron chi connectivity index (χ2n) is 8.51. The van der Waals surface area contributed by atoms with Crippen LogP contribution in [-0.2, 0) is 24.0 Å². The normalized spacial score (nSPS) is 17.8. The highest BCUT2D eigenvalue weighted by molar-refractivity contribution is 7.07. The fourth-order valence-electron chi connectivity index (χ4n) is 4.46. The number of hydrogen-bond donors (Lipinski definition) is 0. The maximum atomic E-state index is 13.9. The van der Waals surface area contributed by atoms with Crippen LogP contribution in [-0.4, -0.2) is 29.0 Å². The fourth-order valence-corrected chi connectivity index (χ4v) is 5.61. The van der Waals surface area contributed by atoms with Gasteiger partial charge in [-0.15, -0.1) is 5.06 Å². The number of benzene rings is 2. The minimum absolute atomic E-state index is 0.107. The van der Waals surface area contributed by atoms with E-state index in [0.717, 1.165) is 22.0 Å². The van der Waals surface area contributed by atoms with E-state index < -0.39 is 29.4 Å². The van der Waals surface area contributed by atoms with Crippen LogP contribution in [0.4, 0.5) is 5.69 Å². The zero-order valence-electron chi connectivity index (χ0n) is 20.8. The first-order valence-electron chi connectivity index (χ1n) is 11.9. The third kappa shape index (κ3) is 4.28. The second-order valence-corrected chi connectivity index (χ2v) is 9.49. The molecule has 1 atom stereocenters. The van der Waals surface area contributed by atoms with Crippen molar-refractivity contribution in [2.45, 2.75) is 26.8 Å². The number of para-hydroxylation sites is 1. The van der Waals surface area contributed by atoms with E-state index in [2.05, 4.69) is 4.99 Å². The van der Waals surface area contributed by atoms with Gasteiger partial charge in [0.15, 0.2) is 4.80 Å². The molecule has 2 aliphatic rings. The van der Waals surface area contributed by atoms with E-state index in [0.29, 0.717) is 21.7 Å². The van der Waals surface area contributed by atoms with Crippen LogP contribution < -0.4 is 20.0 Å². The molecule has 0 saturated heterocycles. The van der Waals surface area contributed by atoms with Gasteiger partial charge in [0.05, 0.1) is 35.2 Å². The van der Waals surface area contributed by atoms with Crippen molar-refractivity contribution in [3.63, 3.8) is 0 Å². The molecule has 3 heterocycles. The molecule has 0 bridgehead atoms. The summed E-state index contributed by atoms with van der Waals surface area (Å²) >= 11 is 1.04. The highest BCUT2D eigenvalue weighted by atomic mass is 32.1. The Bertz CT molecular complexity index is 1710. The summed E-state index contributed by atoms with van der Waals surface area (Å²) in [7, 11) is 0. The smallest absolute Gasteiger partial charge is 0.338 e. The number of carbonyl (C=O) groups excluding carboxylic acids is 3. The number of carbonyl (C=O) groups is 3. The van der Waals surface area contributed by atoms with Crippen LogP contribution in [0.1, 0.15) is 37.9 Å². The van der Waals surface area contributed by atoms with Crippen molar-refractivity contribution in [1.82, 2.24) is 4.57 Å². The van der Waals surface area contributed by atoms with Crippen molar-refractivity contribution in [3.05, 3.63) is 103 Å². The molecule has 192 valence electrons. The van der Waals surface area contributed by atoms with Gasteiger partial charge in [0.2, 0.25) is 0 Å². The molecule has 3 aromatic rings. The summed E-state index contributed by atoms with van der Waals surface area (Å²) in [5, 5.41) is 0.896. The first-order valence-corrected chi connectivity index (χ1v) is 12.7. The number of hydrogen-bond acceptors (Lipinski definition) is 8. The number of anilines is 1. The van der Waals surface area contributed by atoms with Crippen LogP contribution in [0.25, 0.3) is 11.6 Å². The van der Waals surface area contributed by atoms with Gasteiger partial charge < -0.3 is 9.57 Å². The van der Waals surface area contributed by atoms with E-state index >= 15 is 0 Å². The second kappa shape index (κ2) is 10.1. The molecule has 2 aromatic carbocycles. The molecular formula is C28H23N3O6S. The zero-order valence-corrected chi connectivity index (χ0v) is 21.7. The number of hydroxylamine groups is 1. The van der Waals surface area contributed by atoms with Crippen molar-refractivity contribution in [3.8, 4) is 0 Å². The number of allylic oxidation sites excluding steroid dienone is 2. The Balaban J connectivity index is 1.74. The molecule has 0 N–H and O–H groups in total. The Kier molecular flexibility index (Phi) is 6.64. The van der Waals surface area contributed by atoms with E-state index in [-0.39, 0.29) is 22.3 Å². The summed E-state index contributed by atoms with van der Waals surface area (Å²) in [6.07, 6.45) is 3.57. The fraction of sp³-hybridized carbons (Fsp3) is 0.179. The molecule has 10 heteroatoms. The van der Waals surface area contributed by atoms with Crippen molar-refractivity contribution >= 4 is 46.5 Å². The summed E-state index contributed by atoms with van der Waals surface area (Å²) in [6, 6.07) is 15.4. The maximum absolute atomic E-state index is 13.9. The van der Waals surface area contributed by atoms with Gasteiger partial charge >= 0.3 is 11.9 Å². The third-order valence-electron chi connectivity index (χ3n) is 6.04. The lowest BCUT2D eigenvalue weighted by Crippen LogP contribution is -2.40. The lowest BCUT2D eigenvalue weighted by molar-refractivity contribution is -0.146. The molecule has 38 heavy (non-hydrogen) atoms. The number of esters is 1. The van der Waals surface area contributed by atoms with E-state index in [1.165, 1.54) is 11.5 Å². The van der Waals surface area contributed by atoms with Crippen molar-refractivity contribution in [2.24, 2.45) is 4.99 Å². The average molecular weight is 530 g/mol. The predicted molar refractivity (Wildman–Crippen MR) is 141 cm³/mol. The Hall–Kier alpha value is -4.57. The van der Waals surface area contributed by atoms with E-state index in [4.69, 9.17) is 9.57 Å². The quantitative estimate of drug-likeness (QED) is 0.471. The minimum atomic E-state index is -0.809. The van der Waals surface area contributed by atoms with Gasteiger partial charge in [0, 0.05) is 12.5 Å². The Morgan fingerprint density at radius 3 is 2.50 bits per heavy atom. The summed E-state index contributed by atoms with van der Waals surface area (Å²) < 4.78 is 6.82. The molecule has 0 saturated carbocycles. The highest BCUT2D eigenvalue weighted by Gasteiger charge is 2.38. The number of thiazole rings is 1. The standard InChI is InChI=1S/C28H23N3O6S/c1-4-36-27(35)22-16(2)29-28-30(21(22)15-14-18-10-6-5-7-11-18)26(34)24(38-28)23-19-12-8-9-13-20(19)31(25(23)33)37-17(3)32/h5-15,21H,4H2,1-3H3/b15-14-,24-23-. The molecule has 0 aliphatic carbocycles. The van der Waals surface area contributed by atoms with Crippen molar-refractivity contribution in [1.29, 1.82) is 0 Å². The number of rotatable bonds is 5. The van der Waals surface area contributed by atoms with Gasteiger partial charge in [-0.1, -0.05) is 72.0 Å². The summed E-state index contributed by atoms with van der Waals surface area (Å²) in [5.41, 5.74) is 1.97. The number of fused-ring (bicyclic) bond motifs is 2. The van der Waals surface area contributed by atoms with Crippen LogP contribution in [0.15, 0.2) is 81.7 Å². The van der Waals surface area contributed by atoms with Crippen molar-refractivity contribution < 1.29 is 24.0 Å². The monoisotopic (exact) mass is 529 g/mol. The average Bonchev–Trinajstić information content (AvgIpc) is 3.35. The van der Waals surface area contributed by atoms with Crippen LogP contribution in [0.5, 0.6) is 0 Å². The van der Waals surface area contributed by atoms with E-state index in [1.54, 1.807) is 44.2 Å². The molecule has 2 aliphatic heterocycles. The van der Waals surface area contributed by atoms with E-state index in [9.17, 15) is 19.2 Å². The SMILES string of the molecule is CCOC(=O)C1=C(C)N=c2s/c(=C3\C(=O)N(OC(C)=O)c4ccccc43)c(=O)n2C1/C=C\c1ccccc1. The zero-order chi connectivity index (χ0) is 27.0. The Morgan fingerprint density at radius 2 is 1.79 bits per heavy atom. The lowest BCUT2D eigenvalue weighted by Gasteiger charge is -2.21. The van der Waals surface area contributed by atoms with Crippen LogP contribution in [0.2, 0.25) is 0 Å². The van der Waals surface area contributed by atoms with Crippen LogP contribution in [0.3, 0.4) is 0 Å².